The molecule has 0 fully saturated rings. The molecule has 0 amide bonds. The van der Waals surface area contributed by atoms with Crippen LogP contribution in [0.5, 0.6) is 0 Å². The quantitative estimate of drug-likeness (QED) is 0.786. The van der Waals surface area contributed by atoms with E-state index in [1.807, 2.05) is 0 Å². The summed E-state index contributed by atoms with van der Waals surface area (Å²) in [5.74, 6) is -0.743. The van der Waals surface area contributed by atoms with Crippen molar-refractivity contribution in [2.24, 2.45) is 0 Å². The minimum Gasteiger partial charge on any atom is -0.462 e. The zero-order chi connectivity index (χ0) is 12.6. The van der Waals surface area contributed by atoms with Gasteiger partial charge in [-0.15, -0.1) is 0 Å². The van der Waals surface area contributed by atoms with Crippen molar-refractivity contribution in [2.45, 2.75) is 13.8 Å². The third-order valence-corrected chi connectivity index (χ3v) is 2.58. The minimum atomic E-state index is -0.541. The molecule has 17 heavy (non-hydrogen) atoms. The number of benzene rings is 1. The van der Waals surface area contributed by atoms with Crippen LogP contribution in [0.3, 0.4) is 0 Å². The summed E-state index contributed by atoms with van der Waals surface area (Å²) in [4.78, 5) is 14.6. The molecular weight excluding hydrogens is 223 g/mol. The van der Waals surface area contributed by atoms with E-state index in [1.54, 1.807) is 13.8 Å². The second-order valence-corrected chi connectivity index (χ2v) is 3.78. The van der Waals surface area contributed by atoms with Crippen molar-refractivity contribution in [3.8, 4) is 0 Å². The van der Waals surface area contributed by atoms with Crippen LogP contribution in [0.1, 0.15) is 22.8 Å². The lowest BCUT2D eigenvalue weighted by Crippen LogP contribution is -2.06. The van der Waals surface area contributed by atoms with Crippen LogP contribution in [0, 0.1) is 12.7 Å². The molecule has 3 N–H and O–H groups in total. The molecule has 0 saturated heterocycles. The summed E-state index contributed by atoms with van der Waals surface area (Å²) in [5, 5.41) is 0.457. The number of aromatic amines is 1. The molecular formula is C12H13FN2O2. The van der Waals surface area contributed by atoms with Gasteiger partial charge in [0.05, 0.1) is 12.1 Å². The highest BCUT2D eigenvalue weighted by Crippen LogP contribution is 2.28. The van der Waals surface area contributed by atoms with Gasteiger partial charge in [0.1, 0.15) is 17.2 Å². The highest BCUT2D eigenvalue weighted by molar-refractivity contribution is 6.09. The zero-order valence-corrected chi connectivity index (χ0v) is 9.63. The number of esters is 1. The van der Waals surface area contributed by atoms with Crippen LogP contribution in [0.4, 0.5) is 10.2 Å². The van der Waals surface area contributed by atoms with E-state index in [1.165, 1.54) is 12.1 Å². The first kappa shape index (κ1) is 11.4. The zero-order valence-electron chi connectivity index (χ0n) is 9.63. The SMILES string of the molecule is CCOC(=O)c1c(N)[nH]c2c(C)cc(F)cc12. The van der Waals surface area contributed by atoms with Crippen molar-refractivity contribution >= 4 is 22.7 Å². The Labute approximate surface area is 97.6 Å². The molecule has 1 heterocycles. The Kier molecular flexibility index (Phi) is 2.75. The first-order chi connectivity index (χ1) is 8.04. The Balaban J connectivity index is 2.70. The van der Waals surface area contributed by atoms with Crippen LogP contribution in [-0.4, -0.2) is 17.6 Å². The Morgan fingerprint density at radius 1 is 1.53 bits per heavy atom. The van der Waals surface area contributed by atoms with E-state index in [4.69, 9.17) is 10.5 Å². The van der Waals surface area contributed by atoms with Gasteiger partial charge in [0.25, 0.3) is 0 Å². The number of nitrogens with one attached hydrogen (secondary N) is 1. The predicted octanol–water partition coefficient (Wildman–Crippen LogP) is 2.37. The molecule has 0 aliphatic rings. The number of H-pyrrole nitrogens is 1. The Hall–Kier alpha value is -2.04. The first-order valence-corrected chi connectivity index (χ1v) is 5.29. The van der Waals surface area contributed by atoms with Crippen molar-refractivity contribution in [3.05, 3.63) is 29.1 Å². The van der Waals surface area contributed by atoms with Gasteiger partial charge in [-0.2, -0.15) is 0 Å². The fourth-order valence-electron chi connectivity index (χ4n) is 1.87. The van der Waals surface area contributed by atoms with Crippen LogP contribution in [-0.2, 0) is 4.74 Å². The molecule has 90 valence electrons. The van der Waals surface area contributed by atoms with Gasteiger partial charge in [-0.1, -0.05) is 0 Å². The summed E-state index contributed by atoms with van der Waals surface area (Å²) < 4.78 is 18.2. The second kappa shape index (κ2) is 4.08. The lowest BCUT2D eigenvalue weighted by molar-refractivity contribution is 0.0530. The van der Waals surface area contributed by atoms with E-state index in [-0.39, 0.29) is 18.0 Å². The van der Waals surface area contributed by atoms with Gasteiger partial charge in [0.2, 0.25) is 0 Å². The van der Waals surface area contributed by atoms with Gasteiger partial charge < -0.3 is 15.5 Å². The van der Waals surface area contributed by atoms with Gasteiger partial charge >= 0.3 is 5.97 Å². The maximum atomic E-state index is 13.3. The number of rotatable bonds is 2. The van der Waals surface area contributed by atoms with Crippen LogP contribution >= 0.6 is 0 Å². The standard InChI is InChI=1S/C12H13FN2O2/c1-3-17-12(16)9-8-5-7(13)4-6(2)10(8)15-11(9)14/h4-5,15H,3,14H2,1-2H3. The van der Waals surface area contributed by atoms with Crippen LogP contribution < -0.4 is 5.73 Å². The number of hydrogen-bond donors (Lipinski definition) is 2. The average molecular weight is 236 g/mol. The van der Waals surface area contributed by atoms with Crippen molar-refractivity contribution in [2.75, 3.05) is 12.3 Å². The summed E-state index contributed by atoms with van der Waals surface area (Å²) >= 11 is 0. The largest absolute Gasteiger partial charge is 0.462 e. The second-order valence-electron chi connectivity index (χ2n) is 3.78. The summed E-state index contributed by atoms with van der Waals surface area (Å²) in [6.45, 7) is 3.70. The molecule has 0 bridgehead atoms. The average Bonchev–Trinajstić information content (AvgIpc) is 2.55. The van der Waals surface area contributed by atoms with Crippen LogP contribution in [0.15, 0.2) is 12.1 Å². The molecule has 1 aromatic carbocycles. The van der Waals surface area contributed by atoms with Crippen LogP contribution in [0.2, 0.25) is 0 Å². The monoisotopic (exact) mass is 236 g/mol. The predicted molar refractivity (Wildman–Crippen MR) is 63.4 cm³/mol. The fourth-order valence-corrected chi connectivity index (χ4v) is 1.87. The number of nitrogens with two attached hydrogens (primary N) is 1. The van der Waals surface area contributed by atoms with Gasteiger partial charge in [-0.3, -0.25) is 0 Å². The first-order valence-electron chi connectivity index (χ1n) is 5.29. The molecule has 0 saturated carbocycles. The van der Waals surface area contributed by atoms with Gasteiger partial charge in [0, 0.05) is 5.39 Å². The number of aryl methyl sites for hydroxylation is 1. The number of hydrogen-bond acceptors (Lipinski definition) is 3. The third kappa shape index (κ3) is 1.84. The number of halogens is 1. The van der Waals surface area contributed by atoms with E-state index in [0.717, 1.165) is 0 Å². The number of aromatic nitrogens is 1. The number of carbonyl (C=O) groups is 1. The fraction of sp³-hybridized carbons (Fsp3) is 0.250. The molecule has 2 rings (SSSR count). The number of ether oxygens (including phenoxy) is 1. The molecule has 0 radical (unpaired) electrons. The van der Waals surface area contributed by atoms with E-state index < -0.39 is 11.8 Å². The van der Waals surface area contributed by atoms with Crippen LogP contribution in [0.25, 0.3) is 10.9 Å². The highest BCUT2D eigenvalue weighted by atomic mass is 19.1. The lowest BCUT2D eigenvalue weighted by atomic mass is 10.1. The number of nitrogen functional groups attached to an aromatic ring is 1. The minimum absolute atomic E-state index is 0.199. The number of carbonyl (C=O) groups excluding carboxylic acids is 1. The van der Waals surface area contributed by atoms with E-state index >= 15 is 0 Å². The van der Waals surface area contributed by atoms with Crippen molar-refractivity contribution < 1.29 is 13.9 Å². The molecule has 0 spiro atoms. The maximum absolute atomic E-state index is 13.3. The van der Waals surface area contributed by atoms with E-state index in [0.29, 0.717) is 16.5 Å². The molecule has 0 atom stereocenters. The van der Waals surface area contributed by atoms with Gasteiger partial charge in [-0.05, 0) is 31.5 Å². The smallest absolute Gasteiger partial charge is 0.342 e. The Bertz CT molecular complexity index is 590. The van der Waals surface area contributed by atoms with E-state index in [2.05, 4.69) is 4.98 Å². The normalized spacial score (nSPS) is 10.8. The number of fused-ring (bicyclic) bond motifs is 1. The molecule has 5 heteroatoms. The summed E-state index contributed by atoms with van der Waals surface area (Å²) in [7, 11) is 0. The molecule has 1 aromatic heterocycles. The Morgan fingerprint density at radius 2 is 2.24 bits per heavy atom. The Morgan fingerprint density at radius 3 is 2.88 bits per heavy atom. The highest BCUT2D eigenvalue weighted by Gasteiger charge is 2.19. The van der Waals surface area contributed by atoms with E-state index in [9.17, 15) is 9.18 Å². The molecule has 0 aliphatic heterocycles. The molecule has 2 aromatic rings. The van der Waals surface area contributed by atoms with Crippen molar-refractivity contribution in [3.63, 3.8) is 0 Å². The van der Waals surface area contributed by atoms with Crippen molar-refractivity contribution in [1.82, 2.24) is 4.98 Å². The molecule has 4 nitrogen and oxygen atoms in total. The maximum Gasteiger partial charge on any atom is 0.342 e. The lowest BCUT2D eigenvalue weighted by Gasteiger charge is -2.01. The summed E-state index contributed by atoms with van der Waals surface area (Å²) in [6, 6.07) is 2.66. The molecule has 0 unspecified atom stereocenters. The summed E-state index contributed by atoms with van der Waals surface area (Å²) in [5.41, 5.74) is 7.28. The number of anilines is 1. The topological polar surface area (TPSA) is 68.1 Å². The van der Waals surface area contributed by atoms with Crippen molar-refractivity contribution in [1.29, 1.82) is 0 Å². The third-order valence-electron chi connectivity index (χ3n) is 2.58. The van der Waals surface area contributed by atoms with Gasteiger partial charge in [0.15, 0.2) is 0 Å². The molecule has 0 aliphatic carbocycles. The van der Waals surface area contributed by atoms with Gasteiger partial charge in [-0.25, -0.2) is 9.18 Å². The summed E-state index contributed by atoms with van der Waals surface area (Å²) in [6.07, 6.45) is 0.